The summed E-state index contributed by atoms with van der Waals surface area (Å²) in [4.78, 5) is 38.8. The first kappa shape index (κ1) is 24.0. The molecule has 1 aliphatic heterocycles. The maximum absolute atomic E-state index is 12.5. The van der Waals surface area contributed by atoms with Gasteiger partial charge < -0.3 is 19.7 Å². The van der Waals surface area contributed by atoms with Gasteiger partial charge in [0, 0.05) is 24.3 Å². The van der Waals surface area contributed by atoms with E-state index in [1.807, 2.05) is 63.2 Å². The summed E-state index contributed by atoms with van der Waals surface area (Å²) in [5.41, 5.74) is 4.53. The number of hydrogen-bond donors (Lipinski definition) is 1. The number of nitrogens with zero attached hydrogens (tertiary/aromatic N) is 1. The molecule has 0 spiro atoms. The summed E-state index contributed by atoms with van der Waals surface area (Å²) in [6.07, 6.45) is 0.0408. The SMILES string of the molecule is Cc1ccc(Oc2ccc(N3C[C@@H](C(=O)OCC(=O)Nc4cc(C)cc(C)c4)CC3=O)cc2)cc1. The van der Waals surface area contributed by atoms with E-state index in [0.29, 0.717) is 17.1 Å². The molecule has 1 N–H and O–H groups in total. The third-order valence-electron chi connectivity index (χ3n) is 5.71. The van der Waals surface area contributed by atoms with Crippen LogP contribution in [-0.4, -0.2) is 30.9 Å². The summed E-state index contributed by atoms with van der Waals surface area (Å²) in [5, 5.41) is 2.73. The summed E-state index contributed by atoms with van der Waals surface area (Å²) in [6, 6.07) is 20.6. The van der Waals surface area contributed by atoms with Crippen molar-refractivity contribution in [1.29, 1.82) is 0 Å². The molecule has 0 saturated carbocycles. The van der Waals surface area contributed by atoms with E-state index < -0.39 is 24.4 Å². The lowest BCUT2D eigenvalue weighted by Crippen LogP contribution is -2.28. The number of amides is 2. The fourth-order valence-electron chi connectivity index (χ4n) is 4.05. The maximum atomic E-state index is 12.5. The van der Waals surface area contributed by atoms with Crippen molar-refractivity contribution in [3.8, 4) is 11.5 Å². The number of carbonyl (C=O) groups is 3. The first-order chi connectivity index (χ1) is 16.8. The van der Waals surface area contributed by atoms with E-state index in [0.717, 1.165) is 22.4 Å². The van der Waals surface area contributed by atoms with Gasteiger partial charge in [-0.25, -0.2) is 0 Å². The average molecular weight is 473 g/mol. The number of nitrogens with one attached hydrogen (secondary N) is 1. The maximum Gasteiger partial charge on any atom is 0.311 e. The molecule has 7 heteroatoms. The van der Waals surface area contributed by atoms with E-state index >= 15 is 0 Å². The molecule has 4 rings (SSSR count). The Bertz CT molecular complexity index is 1210. The van der Waals surface area contributed by atoms with Crippen LogP contribution in [0.3, 0.4) is 0 Å². The largest absolute Gasteiger partial charge is 0.457 e. The average Bonchev–Trinajstić information content (AvgIpc) is 3.20. The zero-order valence-electron chi connectivity index (χ0n) is 20.0. The topological polar surface area (TPSA) is 84.9 Å². The molecule has 0 aliphatic carbocycles. The fourth-order valence-corrected chi connectivity index (χ4v) is 4.05. The monoisotopic (exact) mass is 472 g/mol. The molecule has 0 unspecified atom stereocenters. The molecule has 3 aromatic carbocycles. The number of benzene rings is 3. The van der Waals surface area contributed by atoms with Crippen molar-refractivity contribution < 1.29 is 23.9 Å². The Morgan fingerprint density at radius 2 is 1.49 bits per heavy atom. The molecule has 3 aromatic rings. The minimum absolute atomic E-state index is 0.0408. The molecule has 1 atom stereocenters. The number of aryl methyl sites for hydroxylation is 3. The van der Waals surface area contributed by atoms with Gasteiger partial charge in [0.25, 0.3) is 5.91 Å². The Morgan fingerprint density at radius 1 is 0.886 bits per heavy atom. The van der Waals surface area contributed by atoms with Crippen LogP contribution in [0.25, 0.3) is 0 Å². The Labute approximate surface area is 204 Å². The van der Waals surface area contributed by atoms with Gasteiger partial charge in [-0.05, 0) is 80.4 Å². The summed E-state index contributed by atoms with van der Waals surface area (Å²) >= 11 is 0. The van der Waals surface area contributed by atoms with Crippen molar-refractivity contribution in [1.82, 2.24) is 0 Å². The number of ether oxygens (including phenoxy) is 2. The van der Waals surface area contributed by atoms with E-state index in [4.69, 9.17) is 9.47 Å². The minimum atomic E-state index is -0.625. The smallest absolute Gasteiger partial charge is 0.311 e. The fraction of sp³-hybridized carbons (Fsp3) is 0.250. The molecular formula is C28H28N2O5. The van der Waals surface area contributed by atoms with Gasteiger partial charge in [0.2, 0.25) is 5.91 Å². The molecule has 180 valence electrons. The number of anilines is 2. The molecule has 1 saturated heterocycles. The second-order valence-electron chi connectivity index (χ2n) is 8.85. The van der Waals surface area contributed by atoms with Crippen LogP contribution in [0, 0.1) is 26.7 Å². The molecule has 0 radical (unpaired) electrons. The van der Waals surface area contributed by atoms with E-state index in [1.165, 1.54) is 0 Å². The van der Waals surface area contributed by atoms with Gasteiger partial charge in [0.15, 0.2) is 6.61 Å². The van der Waals surface area contributed by atoms with Crippen molar-refractivity contribution >= 4 is 29.2 Å². The van der Waals surface area contributed by atoms with Gasteiger partial charge in [-0.15, -0.1) is 0 Å². The van der Waals surface area contributed by atoms with E-state index in [-0.39, 0.29) is 18.9 Å². The van der Waals surface area contributed by atoms with E-state index in [9.17, 15) is 14.4 Å². The third kappa shape index (κ3) is 6.26. The Balaban J connectivity index is 1.29. The summed E-state index contributed by atoms with van der Waals surface area (Å²) in [6.45, 7) is 5.69. The normalized spacial score (nSPS) is 15.1. The molecule has 1 heterocycles. The zero-order valence-corrected chi connectivity index (χ0v) is 20.0. The number of carbonyl (C=O) groups excluding carboxylic acids is 3. The van der Waals surface area contributed by atoms with Crippen LogP contribution in [0.1, 0.15) is 23.1 Å². The molecular weight excluding hydrogens is 444 g/mol. The van der Waals surface area contributed by atoms with Gasteiger partial charge in [-0.3, -0.25) is 14.4 Å². The number of rotatable bonds is 7. The highest BCUT2D eigenvalue weighted by atomic mass is 16.5. The standard InChI is InChI=1S/C28H28N2O5/c1-18-4-8-24(9-5-18)35-25-10-6-23(7-11-25)30-16-21(15-27(30)32)28(33)34-17-26(31)29-22-13-19(2)12-20(3)14-22/h4-14,21H,15-17H2,1-3H3,(H,29,31)/t21-/m0/s1. The van der Waals surface area contributed by atoms with Gasteiger partial charge in [0.1, 0.15) is 11.5 Å². The molecule has 7 nitrogen and oxygen atoms in total. The van der Waals surface area contributed by atoms with Gasteiger partial charge in [-0.2, -0.15) is 0 Å². The first-order valence-corrected chi connectivity index (χ1v) is 11.5. The Morgan fingerprint density at radius 3 is 2.11 bits per heavy atom. The van der Waals surface area contributed by atoms with Crippen molar-refractivity contribution in [2.45, 2.75) is 27.2 Å². The van der Waals surface area contributed by atoms with Crippen LogP contribution in [0.15, 0.2) is 66.7 Å². The lowest BCUT2D eigenvalue weighted by atomic mass is 10.1. The van der Waals surface area contributed by atoms with Crippen molar-refractivity contribution in [3.63, 3.8) is 0 Å². The highest BCUT2D eigenvalue weighted by Gasteiger charge is 2.36. The van der Waals surface area contributed by atoms with Gasteiger partial charge in [-0.1, -0.05) is 23.8 Å². The molecule has 35 heavy (non-hydrogen) atoms. The third-order valence-corrected chi connectivity index (χ3v) is 5.71. The minimum Gasteiger partial charge on any atom is -0.457 e. The van der Waals surface area contributed by atoms with E-state index in [1.54, 1.807) is 29.2 Å². The van der Waals surface area contributed by atoms with Crippen LogP contribution in [0.2, 0.25) is 0 Å². The molecule has 1 aliphatic rings. The summed E-state index contributed by atoms with van der Waals surface area (Å²) in [7, 11) is 0. The lowest BCUT2D eigenvalue weighted by molar-refractivity contribution is -0.151. The summed E-state index contributed by atoms with van der Waals surface area (Å²) < 4.78 is 11.0. The van der Waals surface area contributed by atoms with Crippen LogP contribution in [0.4, 0.5) is 11.4 Å². The van der Waals surface area contributed by atoms with Gasteiger partial charge in [0.05, 0.1) is 5.92 Å². The molecule has 0 aromatic heterocycles. The second kappa shape index (κ2) is 10.4. The van der Waals surface area contributed by atoms with Crippen LogP contribution in [-0.2, 0) is 19.1 Å². The lowest BCUT2D eigenvalue weighted by Gasteiger charge is -2.17. The van der Waals surface area contributed by atoms with Crippen LogP contribution < -0.4 is 15.0 Å². The molecule has 2 amide bonds. The Hall–Kier alpha value is -4.13. The summed E-state index contributed by atoms with van der Waals surface area (Å²) in [5.74, 6) is -0.400. The molecule has 0 bridgehead atoms. The Kier molecular flexibility index (Phi) is 7.15. The van der Waals surface area contributed by atoms with Crippen molar-refractivity contribution in [2.75, 3.05) is 23.4 Å². The molecule has 1 fully saturated rings. The van der Waals surface area contributed by atoms with Crippen LogP contribution in [0.5, 0.6) is 11.5 Å². The van der Waals surface area contributed by atoms with E-state index in [2.05, 4.69) is 5.32 Å². The van der Waals surface area contributed by atoms with Gasteiger partial charge >= 0.3 is 5.97 Å². The highest BCUT2D eigenvalue weighted by Crippen LogP contribution is 2.29. The predicted molar refractivity (Wildman–Crippen MR) is 134 cm³/mol. The quantitative estimate of drug-likeness (QED) is 0.493. The van der Waals surface area contributed by atoms with Crippen molar-refractivity contribution in [2.24, 2.45) is 5.92 Å². The second-order valence-corrected chi connectivity index (χ2v) is 8.85. The van der Waals surface area contributed by atoms with Crippen LogP contribution >= 0.6 is 0 Å². The number of hydrogen-bond acceptors (Lipinski definition) is 5. The highest BCUT2D eigenvalue weighted by molar-refractivity contribution is 6.00. The predicted octanol–water partition coefficient (Wildman–Crippen LogP) is 4.94. The van der Waals surface area contributed by atoms with Crippen molar-refractivity contribution in [3.05, 3.63) is 83.4 Å². The first-order valence-electron chi connectivity index (χ1n) is 11.5. The number of esters is 1. The zero-order chi connectivity index (χ0) is 24.9.